The van der Waals surface area contributed by atoms with Crippen LogP contribution in [0, 0.1) is 0 Å². The van der Waals surface area contributed by atoms with Gasteiger partial charge in [-0.05, 0) is 0 Å². The molecule has 0 aromatic rings. The molecule has 1 atom stereocenters. The van der Waals surface area contributed by atoms with Crippen LogP contribution in [0.25, 0.3) is 0 Å². The fraction of sp³-hybridized carbons (Fsp3) is 0.333. The van der Waals surface area contributed by atoms with E-state index in [1.54, 1.807) is 0 Å². The zero-order valence-electron chi connectivity index (χ0n) is 8.87. The van der Waals surface area contributed by atoms with E-state index in [0.717, 1.165) is 0 Å². The third-order valence-electron chi connectivity index (χ3n) is 1.85. The molecule has 1 aliphatic rings. The molecule has 9 heteroatoms. The summed E-state index contributed by atoms with van der Waals surface area (Å²) in [5.74, 6) is -8.92. The first-order chi connectivity index (χ1) is 8.24. The number of carbonyl (C=O) groups is 4. The molecule has 1 saturated heterocycles. The van der Waals surface area contributed by atoms with Crippen LogP contribution in [0.3, 0.4) is 0 Å². The minimum atomic E-state index is -3.11. The van der Waals surface area contributed by atoms with Gasteiger partial charge in [-0.1, -0.05) is 6.58 Å². The molecule has 0 amide bonds. The molecule has 0 aromatic heterocycles. The van der Waals surface area contributed by atoms with Crippen LogP contribution in [0.2, 0.25) is 0 Å². The molecule has 9 nitrogen and oxygen atoms in total. The predicted molar refractivity (Wildman–Crippen MR) is 49.2 cm³/mol. The molecule has 0 bridgehead atoms. The van der Waals surface area contributed by atoms with Gasteiger partial charge in [0.25, 0.3) is 0 Å². The largest absolute Gasteiger partial charge is 0.476 e. The molecule has 0 saturated carbocycles. The SMILES string of the molecule is C=C1CC(=O)OOC(=O)CC(O)(C(=O)O)OC1=O. The summed E-state index contributed by atoms with van der Waals surface area (Å²) in [5, 5.41) is 18.1. The van der Waals surface area contributed by atoms with Crippen LogP contribution in [0.5, 0.6) is 0 Å². The van der Waals surface area contributed by atoms with E-state index in [1.165, 1.54) is 0 Å². The second kappa shape index (κ2) is 4.84. The van der Waals surface area contributed by atoms with E-state index in [1.807, 2.05) is 0 Å². The van der Waals surface area contributed by atoms with E-state index in [2.05, 4.69) is 21.1 Å². The summed E-state index contributed by atoms with van der Waals surface area (Å²) in [6.45, 7) is 3.14. The average Bonchev–Trinajstić information content (AvgIpc) is 2.24. The Morgan fingerprint density at radius 1 is 1.22 bits per heavy atom. The van der Waals surface area contributed by atoms with Gasteiger partial charge in [0.15, 0.2) is 0 Å². The molecule has 1 aliphatic heterocycles. The van der Waals surface area contributed by atoms with Crippen molar-refractivity contribution in [2.24, 2.45) is 0 Å². The van der Waals surface area contributed by atoms with Gasteiger partial charge in [0.1, 0.15) is 6.42 Å². The van der Waals surface area contributed by atoms with Crippen molar-refractivity contribution >= 4 is 23.9 Å². The lowest BCUT2D eigenvalue weighted by Gasteiger charge is -2.23. The number of cyclic esters (lactones) is 1. The van der Waals surface area contributed by atoms with Crippen LogP contribution >= 0.6 is 0 Å². The summed E-state index contributed by atoms with van der Waals surface area (Å²) < 4.78 is 4.22. The Hall–Kier alpha value is -2.42. The number of esters is 1. The fourth-order valence-corrected chi connectivity index (χ4v) is 0.975. The lowest BCUT2D eigenvalue weighted by Crippen LogP contribution is -2.46. The van der Waals surface area contributed by atoms with E-state index >= 15 is 0 Å². The van der Waals surface area contributed by atoms with Gasteiger partial charge in [-0.25, -0.2) is 29.0 Å². The van der Waals surface area contributed by atoms with Crippen molar-refractivity contribution in [3.05, 3.63) is 12.2 Å². The fourth-order valence-electron chi connectivity index (χ4n) is 0.975. The summed E-state index contributed by atoms with van der Waals surface area (Å²) in [7, 11) is 0. The first-order valence-electron chi connectivity index (χ1n) is 4.51. The van der Waals surface area contributed by atoms with Crippen LogP contribution in [0.15, 0.2) is 12.2 Å². The van der Waals surface area contributed by atoms with E-state index in [4.69, 9.17) is 5.11 Å². The molecule has 0 radical (unpaired) electrons. The molecule has 0 spiro atoms. The summed E-state index contributed by atoms with van der Waals surface area (Å²) in [6, 6.07) is 0. The van der Waals surface area contributed by atoms with E-state index in [9.17, 15) is 24.3 Å². The van der Waals surface area contributed by atoms with Gasteiger partial charge in [-0.2, -0.15) is 0 Å². The Balaban J connectivity index is 3.00. The summed E-state index contributed by atoms with van der Waals surface area (Å²) in [4.78, 5) is 51.9. The molecule has 1 unspecified atom stereocenters. The highest BCUT2D eigenvalue weighted by Gasteiger charge is 2.45. The van der Waals surface area contributed by atoms with Gasteiger partial charge in [-0.3, -0.25) is 0 Å². The van der Waals surface area contributed by atoms with E-state index in [-0.39, 0.29) is 0 Å². The molecule has 1 rings (SSSR count). The second-order valence-electron chi connectivity index (χ2n) is 3.35. The molecule has 18 heavy (non-hydrogen) atoms. The topological polar surface area (TPSA) is 136 Å². The molecule has 1 fully saturated rings. The monoisotopic (exact) mass is 260 g/mol. The van der Waals surface area contributed by atoms with Gasteiger partial charge in [-0.15, -0.1) is 0 Å². The van der Waals surface area contributed by atoms with Gasteiger partial charge < -0.3 is 14.9 Å². The number of hydrogen-bond donors (Lipinski definition) is 2. The molecule has 1 heterocycles. The summed E-state index contributed by atoms with van der Waals surface area (Å²) >= 11 is 0. The van der Waals surface area contributed by atoms with Crippen molar-refractivity contribution in [3.63, 3.8) is 0 Å². The third kappa shape index (κ3) is 3.04. The first kappa shape index (κ1) is 13.6. The smallest absolute Gasteiger partial charge is 0.377 e. The van der Waals surface area contributed by atoms with Crippen LogP contribution in [0.1, 0.15) is 12.8 Å². The maximum absolute atomic E-state index is 11.3. The van der Waals surface area contributed by atoms with Crippen molar-refractivity contribution in [2.45, 2.75) is 18.6 Å². The van der Waals surface area contributed by atoms with Crippen LogP contribution < -0.4 is 0 Å². The number of hydrogen-bond acceptors (Lipinski definition) is 8. The van der Waals surface area contributed by atoms with Gasteiger partial charge in [0, 0.05) is 5.57 Å². The van der Waals surface area contributed by atoms with Gasteiger partial charge in [0.2, 0.25) is 0 Å². The number of aliphatic hydroxyl groups is 1. The Morgan fingerprint density at radius 3 is 2.33 bits per heavy atom. The normalized spacial score (nSPS) is 25.8. The second-order valence-corrected chi connectivity index (χ2v) is 3.35. The van der Waals surface area contributed by atoms with Crippen molar-refractivity contribution in [1.82, 2.24) is 0 Å². The molecule has 0 aromatic carbocycles. The number of aliphatic carboxylic acids is 1. The molecule has 98 valence electrons. The molecule has 2 N–H and O–H groups in total. The highest BCUT2D eigenvalue weighted by Crippen LogP contribution is 2.19. The van der Waals surface area contributed by atoms with Crippen molar-refractivity contribution < 1.29 is 43.9 Å². The lowest BCUT2D eigenvalue weighted by molar-refractivity contribution is -0.270. The Labute approximate surface area is 99.5 Å². The highest BCUT2D eigenvalue weighted by molar-refractivity contribution is 5.96. The average molecular weight is 260 g/mol. The van der Waals surface area contributed by atoms with Gasteiger partial charge >= 0.3 is 29.7 Å². The van der Waals surface area contributed by atoms with Crippen LogP contribution in [-0.2, 0) is 33.7 Å². The molecular weight excluding hydrogens is 252 g/mol. The third-order valence-corrected chi connectivity index (χ3v) is 1.85. The number of ether oxygens (including phenoxy) is 1. The maximum Gasteiger partial charge on any atom is 0.377 e. The lowest BCUT2D eigenvalue weighted by atomic mass is 10.1. The maximum atomic E-state index is 11.3. The quantitative estimate of drug-likeness (QED) is 0.333. The highest BCUT2D eigenvalue weighted by atomic mass is 17.2. The van der Waals surface area contributed by atoms with Crippen molar-refractivity contribution in [2.75, 3.05) is 0 Å². The van der Waals surface area contributed by atoms with Crippen molar-refractivity contribution in [1.29, 1.82) is 0 Å². The Bertz CT molecular complexity index is 437. The van der Waals surface area contributed by atoms with Crippen LogP contribution in [0.4, 0.5) is 0 Å². The standard InChI is InChI=1S/C9H8O9/c1-4-2-5(10)17-18-6(11)3-9(15,8(13)14)16-7(4)12/h15H,1-3H2,(H,13,14). The minimum Gasteiger partial charge on any atom is -0.476 e. The van der Waals surface area contributed by atoms with Gasteiger partial charge in [0.05, 0.1) is 6.42 Å². The number of carboxylic acids is 1. The molecule has 0 aliphatic carbocycles. The summed E-state index contributed by atoms with van der Waals surface area (Å²) in [5.41, 5.74) is -0.461. The predicted octanol–water partition coefficient (Wildman–Crippen LogP) is -1.35. The van der Waals surface area contributed by atoms with E-state index in [0.29, 0.717) is 0 Å². The van der Waals surface area contributed by atoms with Crippen molar-refractivity contribution in [3.8, 4) is 0 Å². The zero-order chi connectivity index (χ0) is 13.9. The number of carboxylic acid groups (broad SMARTS) is 1. The van der Waals surface area contributed by atoms with Crippen LogP contribution in [-0.4, -0.2) is 39.9 Å². The van der Waals surface area contributed by atoms with E-state index < -0.39 is 48.1 Å². The Kier molecular flexibility index (Phi) is 3.67. The Morgan fingerprint density at radius 2 is 1.78 bits per heavy atom. The summed E-state index contributed by atoms with van der Waals surface area (Å²) in [6.07, 6.45) is -1.92. The molecular formula is C9H8O9. The first-order valence-corrected chi connectivity index (χ1v) is 4.51. The zero-order valence-corrected chi connectivity index (χ0v) is 8.87. The minimum absolute atomic E-state index is 0.461. The number of rotatable bonds is 1. The number of carbonyl (C=O) groups excluding carboxylic acids is 3.